The van der Waals surface area contributed by atoms with E-state index in [0.717, 1.165) is 37.4 Å². The van der Waals surface area contributed by atoms with Gasteiger partial charge in [-0.3, -0.25) is 9.69 Å². The summed E-state index contributed by atoms with van der Waals surface area (Å²) in [6, 6.07) is 1.56. The first-order valence-electron chi connectivity index (χ1n) is 8.78. The lowest BCUT2D eigenvalue weighted by molar-refractivity contribution is 0.262. The van der Waals surface area contributed by atoms with Gasteiger partial charge in [-0.25, -0.2) is 0 Å². The standard InChI is InChI=1S/C18H30N2O2/c1-3-4-7-12-20-15(2)13-17(21)18(22)16(20)14-19-10-8-5-6-9-11-19/h13,22H,3-12,14H2,1-2H3. The maximum absolute atomic E-state index is 12.0. The van der Waals surface area contributed by atoms with Crippen molar-refractivity contribution >= 4 is 0 Å². The van der Waals surface area contributed by atoms with Gasteiger partial charge >= 0.3 is 0 Å². The summed E-state index contributed by atoms with van der Waals surface area (Å²) in [5.41, 5.74) is 1.53. The van der Waals surface area contributed by atoms with Crippen LogP contribution in [0, 0.1) is 6.92 Å². The van der Waals surface area contributed by atoms with Gasteiger partial charge in [0.2, 0.25) is 5.43 Å². The molecule has 1 fully saturated rings. The van der Waals surface area contributed by atoms with Crippen LogP contribution in [0.15, 0.2) is 10.9 Å². The molecule has 4 heteroatoms. The summed E-state index contributed by atoms with van der Waals surface area (Å²) >= 11 is 0. The van der Waals surface area contributed by atoms with Gasteiger partial charge in [0.1, 0.15) is 0 Å². The zero-order chi connectivity index (χ0) is 15.9. The smallest absolute Gasteiger partial charge is 0.223 e. The minimum Gasteiger partial charge on any atom is -0.503 e. The zero-order valence-corrected chi connectivity index (χ0v) is 14.1. The van der Waals surface area contributed by atoms with Crippen molar-refractivity contribution in [3.8, 4) is 5.75 Å². The van der Waals surface area contributed by atoms with Crippen LogP contribution in [0.1, 0.15) is 63.3 Å². The van der Waals surface area contributed by atoms with Crippen LogP contribution < -0.4 is 5.43 Å². The Bertz CT molecular complexity index is 529. The molecule has 0 saturated carbocycles. The highest BCUT2D eigenvalue weighted by atomic mass is 16.3. The number of unbranched alkanes of at least 4 members (excludes halogenated alkanes) is 2. The molecule has 1 N–H and O–H groups in total. The lowest BCUT2D eigenvalue weighted by Crippen LogP contribution is -2.28. The van der Waals surface area contributed by atoms with E-state index in [4.69, 9.17) is 0 Å². The molecule has 0 spiro atoms. The molecule has 1 aromatic heterocycles. The van der Waals surface area contributed by atoms with Crippen LogP contribution in [-0.4, -0.2) is 27.7 Å². The Balaban J connectivity index is 2.23. The minimum atomic E-state index is -0.242. The van der Waals surface area contributed by atoms with E-state index < -0.39 is 0 Å². The van der Waals surface area contributed by atoms with E-state index in [1.165, 1.54) is 38.5 Å². The second-order valence-corrected chi connectivity index (χ2v) is 6.49. The molecule has 0 aliphatic carbocycles. The third-order valence-corrected chi connectivity index (χ3v) is 4.66. The highest BCUT2D eigenvalue weighted by Gasteiger charge is 2.17. The Morgan fingerprint density at radius 2 is 1.82 bits per heavy atom. The molecule has 2 heterocycles. The van der Waals surface area contributed by atoms with E-state index >= 15 is 0 Å². The predicted molar refractivity (Wildman–Crippen MR) is 90.4 cm³/mol. The van der Waals surface area contributed by atoms with Crippen molar-refractivity contribution in [3.63, 3.8) is 0 Å². The quantitative estimate of drug-likeness (QED) is 0.819. The number of nitrogens with zero attached hydrogens (tertiary/aromatic N) is 2. The molecular formula is C18H30N2O2. The number of aryl methyl sites for hydroxylation is 1. The van der Waals surface area contributed by atoms with Crippen LogP contribution >= 0.6 is 0 Å². The normalized spacial score (nSPS) is 16.6. The summed E-state index contributed by atoms with van der Waals surface area (Å²) < 4.78 is 2.15. The monoisotopic (exact) mass is 306 g/mol. The Hall–Kier alpha value is -1.29. The average molecular weight is 306 g/mol. The molecule has 1 aliphatic rings. The molecule has 0 bridgehead atoms. The number of hydrogen-bond acceptors (Lipinski definition) is 3. The van der Waals surface area contributed by atoms with Crippen molar-refractivity contribution in [2.45, 2.75) is 71.9 Å². The molecule has 22 heavy (non-hydrogen) atoms. The third kappa shape index (κ3) is 4.35. The van der Waals surface area contributed by atoms with Gasteiger partial charge < -0.3 is 9.67 Å². The maximum atomic E-state index is 12.0. The molecule has 1 aliphatic heterocycles. The van der Waals surface area contributed by atoms with Crippen molar-refractivity contribution in [1.82, 2.24) is 9.47 Å². The van der Waals surface area contributed by atoms with Crippen LogP contribution in [0.25, 0.3) is 0 Å². The molecule has 4 nitrogen and oxygen atoms in total. The molecule has 124 valence electrons. The Kier molecular flexibility index (Phi) is 6.49. The number of rotatable bonds is 6. The molecule has 0 radical (unpaired) electrons. The fraction of sp³-hybridized carbons (Fsp3) is 0.722. The van der Waals surface area contributed by atoms with Gasteiger partial charge in [-0.1, -0.05) is 32.6 Å². The highest BCUT2D eigenvalue weighted by molar-refractivity contribution is 5.29. The van der Waals surface area contributed by atoms with E-state index in [9.17, 15) is 9.90 Å². The topological polar surface area (TPSA) is 45.5 Å². The first-order valence-corrected chi connectivity index (χ1v) is 8.78. The minimum absolute atomic E-state index is 0.0497. The van der Waals surface area contributed by atoms with Crippen LogP contribution in [0.5, 0.6) is 5.75 Å². The number of pyridine rings is 1. The van der Waals surface area contributed by atoms with Gasteiger partial charge in [-0.05, 0) is 39.3 Å². The zero-order valence-electron chi connectivity index (χ0n) is 14.1. The number of hydrogen-bond donors (Lipinski definition) is 1. The van der Waals surface area contributed by atoms with Gasteiger partial charge in [0.15, 0.2) is 5.75 Å². The third-order valence-electron chi connectivity index (χ3n) is 4.66. The second-order valence-electron chi connectivity index (χ2n) is 6.49. The molecule has 2 rings (SSSR count). The first kappa shape index (κ1) is 17.1. The summed E-state index contributed by atoms with van der Waals surface area (Å²) in [6.45, 7) is 7.87. The lowest BCUT2D eigenvalue weighted by atomic mass is 10.2. The summed E-state index contributed by atoms with van der Waals surface area (Å²) in [4.78, 5) is 14.4. The van der Waals surface area contributed by atoms with E-state index in [-0.39, 0.29) is 11.2 Å². The van der Waals surface area contributed by atoms with E-state index in [1.807, 2.05) is 6.92 Å². The van der Waals surface area contributed by atoms with Crippen molar-refractivity contribution in [1.29, 1.82) is 0 Å². The largest absolute Gasteiger partial charge is 0.503 e. The van der Waals surface area contributed by atoms with E-state index in [2.05, 4.69) is 16.4 Å². The molecule has 0 aromatic carbocycles. The lowest BCUT2D eigenvalue weighted by Gasteiger charge is -2.24. The van der Waals surface area contributed by atoms with Gasteiger partial charge in [0, 0.05) is 24.8 Å². The number of aromatic nitrogens is 1. The average Bonchev–Trinajstić information content (AvgIpc) is 2.76. The molecular weight excluding hydrogens is 276 g/mol. The van der Waals surface area contributed by atoms with Crippen molar-refractivity contribution in [2.24, 2.45) is 0 Å². The van der Waals surface area contributed by atoms with E-state index in [0.29, 0.717) is 6.54 Å². The summed E-state index contributed by atoms with van der Waals surface area (Å²) in [5, 5.41) is 10.3. The predicted octanol–water partition coefficient (Wildman–Crippen LogP) is 3.43. The van der Waals surface area contributed by atoms with Crippen molar-refractivity contribution in [2.75, 3.05) is 13.1 Å². The summed E-state index contributed by atoms with van der Waals surface area (Å²) in [6.07, 6.45) is 8.45. The fourth-order valence-corrected chi connectivity index (χ4v) is 3.32. The maximum Gasteiger partial charge on any atom is 0.223 e. The Labute approximate surface area is 133 Å². The second kappa shape index (κ2) is 8.37. The molecule has 1 aromatic rings. The molecule has 1 saturated heterocycles. The van der Waals surface area contributed by atoms with Gasteiger partial charge in [-0.15, -0.1) is 0 Å². The van der Waals surface area contributed by atoms with Gasteiger partial charge in [0.25, 0.3) is 0 Å². The van der Waals surface area contributed by atoms with Crippen LogP contribution in [0.3, 0.4) is 0 Å². The van der Waals surface area contributed by atoms with Crippen LogP contribution in [0.4, 0.5) is 0 Å². The molecule has 0 amide bonds. The van der Waals surface area contributed by atoms with Crippen molar-refractivity contribution in [3.05, 3.63) is 27.7 Å². The molecule has 0 unspecified atom stereocenters. The number of aromatic hydroxyl groups is 1. The van der Waals surface area contributed by atoms with Crippen LogP contribution in [-0.2, 0) is 13.1 Å². The first-order chi connectivity index (χ1) is 10.6. The number of likely N-dealkylation sites (tertiary alicyclic amines) is 1. The summed E-state index contributed by atoms with van der Waals surface area (Å²) in [7, 11) is 0. The van der Waals surface area contributed by atoms with E-state index in [1.54, 1.807) is 6.07 Å². The summed E-state index contributed by atoms with van der Waals surface area (Å²) in [5.74, 6) is -0.0497. The Morgan fingerprint density at radius 1 is 1.14 bits per heavy atom. The molecule has 0 atom stereocenters. The SMILES string of the molecule is CCCCCn1c(C)cc(=O)c(O)c1CN1CCCCCC1. The Morgan fingerprint density at radius 3 is 2.45 bits per heavy atom. The van der Waals surface area contributed by atoms with Crippen LogP contribution in [0.2, 0.25) is 0 Å². The van der Waals surface area contributed by atoms with Gasteiger partial charge in [-0.2, -0.15) is 0 Å². The van der Waals surface area contributed by atoms with Crippen molar-refractivity contribution < 1.29 is 5.11 Å². The van der Waals surface area contributed by atoms with Gasteiger partial charge in [0.05, 0.1) is 5.69 Å². The highest BCUT2D eigenvalue weighted by Crippen LogP contribution is 2.20. The fourth-order valence-electron chi connectivity index (χ4n) is 3.32.